The molecule has 0 bridgehead atoms. The first-order valence-corrected chi connectivity index (χ1v) is 11.1. The second-order valence-electron chi connectivity index (χ2n) is 8.38. The smallest absolute Gasteiger partial charge is 0.387 e. The lowest BCUT2D eigenvalue weighted by Gasteiger charge is -2.31. The van der Waals surface area contributed by atoms with Gasteiger partial charge in [0.1, 0.15) is 5.75 Å². The Morgan fingerprint density at radius 2 is 1.71 bits per heavy atom. The first-order valence-electron chi connectivity index (χ1n) is 11.1. The van der Waals surface area contributed by atoms with Crippen molar-refractivity contribution in [2.45, 2.75) is 19.7 Å². The molecule has 1 aliphatic rings. The zero-order valence-corrected chi connectivity index (χ0v) is 18.7. The Labute approximate surface area is 200 Å². The van der Waals surface area contributed by atoms with Crippen LogP contribution < -0.4 is 4.74 Å². The van der Waals surface area contributed by atoms with Crippen molar-refractivity contribution < 1.29 is 23.4 Å². The van der Waals surface area contributed by atoms with Crippen molar-refractivity contribution in [1.29, 1.82) is 0 Å². The standard InChI is InChI=1S/C28H22F2N2O3/c29-28(30)35-21-12-10-18(11-13-21)14-20-16-32(15-19-6-2-1-3-7-19)17-23-25(27(33)34)22-8-4-5-9-24(22)31-26(20)23/h1-14,28H,15-17H2,(H,33,34)/b20-14-. The van der Waals surface area contributed by atoms with Gasteiger partial charge in [0.25, 0.3) is 0 Å². The van der Waals surface area contributed by atoms with Crippen molar-refractivity contribution in [2.75, 3.05) is 6.54 Å². The molecule has 0 aliphatic carbocycles. The van der Waals surface area contributed by atoms with Gasteiger partial charge >= 0.3 is 12.6 Å². The van der Waals surface area contributed by atoms with Gasteiger partial charge in [0.15, 0.2) is 0 Å². The average molecular weight is 472 g/mol. The summed E-state index contributed by atoms with van der Waals surface area (Å²) in [6, 6.07) is 23.6. The molecule has 1 N–H and O–H groups in total. The number of carbonyl (C=O) groups is 1. The molecule has 1 aliphatic heterocycles. The van der Waals surface area contributed by atoms with Gasteiger partial charge in [-0.25, -0.2) is 9.78 Å². The van der Waals surface area contributed by atoms with E-state index in [4.69, 9.17) is 4.98 Å². The molecule has 0 spiro atoms. The minimum atomic E-state index is -2.89. The lowest BCUT2D eigenvalue weighted by atomic mass is 9.91. The molecule has 5 rings (SSSR count). The van der Waals surface area contributed by atoms with Crippen LogP contribution in [-0.2, 0) is 13.1 Å². The summed E-state index contributed by atoms with van der Waals surface area (Å²) < 4.78 is 29.5. The van der Waals surface area contributed by atoms with Crippen LogP contribution in [0.15, 0.2) is 78.9 Å². The zero-order chi connectivity index (χ0) is 24.4. The molecule has 3 aromatic carbocycles. The Morgan fingerprint density at radius 1 is 1.00 bits per heavy atom. The number of halogens is 2. The predicted octanol–water partition coefficient (Wildman–Crippen LogP) is 6.09. The van der Waals surface area contributed by atoms with Gasteiger partial charge in [-0.15, -0.1) is 0 Å². The van der Waals surface area contributed by atoms with Crippen LogP contribution in [0, 0.1) is 0 Å². The number of carboxylic acids is 1. The lowest BCUT2D eigenvalue weighted by Crippen LogP contribution is -2.31. The number of carboxylic acid groups (broad SMARTS) is 1. The molecule has 5 nitrogen and oxygen atoms in total. The number of ether oxygens (including phenoxy) is 1. The number of hydrogen-bond acceptors (Lipinski definition) is 4. The molecule has 4 aromatic rings. The minimum absolute atomic E-state index is 0.0779. The molecule has 35 heavy (non-hydrogen) atoms. The monoisotopic (exact) mass is 472 g/mol. The van der Waals surface area contributed by atoms with E-state index >= 15 is 0 Å². The quantitative estimate of drug-likeness (QED) is 0.368. The molecule has 176 valence electrons. The Kier molecular flexibility index (Phi) is 6.25. The number of hydrogen-bond donors (Lipinski definition) is 1. The first kappa shape index (κ1) is 22.7. The van der Waals surface area contributed by atoms with Crippen LogP contribution in [0.4, 0.5) is 8.78 Å². The summed E-state index contributed by atoms with van der Waals surface area (Å²) in [6.07, 6.45) is 1.93. The van der Waals surface area contributed by atoms with Crippen molar-refractivity contribution in [3.8, 4) is 5.75 Å². The number of nitrogens with zero attached hydrogens (tertiary/aromatic N) is 2. The number of para-hydroxylation sites is 1. The predicted molar refractivity (Wildman–Crippen MR) is 130 cm³/mol. The number of benzene rings is 3. The van der Waals surface area contributed by atoms with Gasteiger partial charge < -0.3 is 9.84 Å². The summed E-state index contributed by atoms with van der Waals surface area (Å²) in [5.41, 5.74) is 4.95. The minimum Gasteiger partial charge on any atom is -0.478 e. The second-order valence-corrected chi connectivity index (χ2v) is 8.38. The van der Waals surface area contributed by atoms with Crippen LogP contribution in [-0.4, -0.2) is 34.1 Å². The number of rotatable bonds is 6. The van der Waals surface area contributed by atoms with Gasteiger partial charge in [-0.05, 0) is 41.0 Å². The normalized spacial score (nSPS) is 14.9. The topological polar surface area (TPSA) is 62.7 Å². The highest BCUT2D eigenvalue weighted by Crippen LogP contribution is 2.35. The summed E-state index contributed by atoms with van der Waals surface area (Å²) in [5, 5.41) is 10.8. The van der Waals surface area contributed by atoms with Gasteiger partial charge in [0, 0.05) is 30.6 Å². The fourth-order valence-corrected chi connectivity index (χ4v) is 4.52. The van der Waals surface area contributed by atoms with Crippen LogP contribution in [0.5, 0.6) is 5.75 Å². The van der Waals surface area contributed by atoms with E-state index in [1.807, 2.05) is 54.6 Å². The summed E-state index contributed by atoms with van der Waals surface area (Å²) in [4.78, 5) is 19.4. The third-order valence-corrected chi connectivity index (χ3v) is 5.98. The molecule has 0 saturated heterocycles. The van der Waals surface area contributed by atoms with E-state index in [9.17, 15) is 18.7 Å². The van der Waals surface area contributed by atoms with E-state index < -0.39 is 12.6 Å². The molecule has 7 heteroatoms. The lowest BCUT2D eigenvalue weighted by molar-refractivity contribution is -0.0498. The maximum atomic E-state index is 12.5. The van der Waals surface area contributed by atoms with Crippen molar-refractivity contribution in [3.63, 3.8) is 0 Å². The number of aromatic nitrogens is 1. The van der Waals surface area contributed by atoms with Crippen LogP contribution in [0.1, 0.15) is 32.7 Å². The van der Waals surface area contributed by atoms with Crippen molar-refractivity contribution in [2.24, 2.45) is 0 Å². The van der Waals surface area contributed by atoms with E-state index in [1.54, 1.807) is 18.2 Å². The third-order valence-electron chi connectivity index (χ3n) is 5.98. The molecule has 0 radical (unpaired) electrons. The van der Waals surface area contributed by atoms with Crippen molar-refractivity contribution in [3.05, 3.63) is 107 Å². The average Bonchev–Trinajstić information content (AvgIpc) is 2.84. The summed E-state index contributed by atoms with van der Waals surface area (Å²) in [6.45, 7) is -1.24. The highest BCUT2D eigenvalue weighted by molar-refractivity contribution is 6.06. The highest BCUT2D eigenvalue weighted by atomic mass is 19.3. The van der Waals surface area contributed by atoms with E-state index in [0.29, 0.717) is 41.8 Å². The molecular weight excluding hydrogens is 450 g/mol. The molecule has 0 amide bonds. The molecule has 0 atom stereocenters. The Morgan fingerprint density at radius 3 is 2.43 bits per heavy atom. The Bertz CT molecular complexity index is 1400. The Hall–Kier alpha value is -4.10. The number of fused-ring (bicyclic) bond motifs is 2. The van der Waals surface area contributed by atoms with E-state index in [1.165, 1.54) is 12.1 Å². The number of aromatic carboxylic acids is 1. The molecule has 1 aromatic heterocycles. The molecule has 0 fully saturated rings. The third kappa shape index (κ3) is 4.90. The second kappa shape index (κ2) is 9.64. The fraction of sp³-hybridized carbons (Fsp3) is 0.143. The molecule has 0 unspecified atom stereocenters. The molecular formula is C28H22F2N2O3. The summed E-state index contributed by atoms with van der Waals surface area (Å²) >= 11 is 0. The fourth-order valence-electron chi connectivity index (χ4n) is 4.52. The van der Waals surface area contributed by atoms with Crippen molar-refractivity contribution in [1.82, 2.24) is 9.88 Å². The van der Waals surface area contributed by atoms with Gasteiger partial charge in [0.2, 0.25) is 0 Å². The van der Waals surface area contributed by atoms with Crippen LogP contribution in [0.25, 0.3) is 22.6 Å². The van der Waals surface area contributed by atoms with Gasteiger partial charge in [-0.2, -0.15) is 8.78 Å². The van der Waals surface area contributed by atoms with Gasteiger partial charge in [0.05, 0.1) is 16.8 Å². The van der Waals surface area contributed by atoms with Crippen LogP contribution in [0.3, 0.4) is 0 Å². The van der Waals surface area contributed by atoms with E-state index in [-0.39, 0.29) is 11.3 Å². The maximum Gasteiger partial charge on any atom is 0.387 e. The van der Waals surface area contributed by atoms with Gasteiger partial charge in [-0.3, -0.25) is 4.90 Å². The molecule has 2 heterocycles. The van der Waals surface area contributed by atoms with Gasteiger partial charge in [-0.1, -0.05) is 60.7 Å². The Balaban J connectivity index is 1.62. The zero-order valence-electron chi connectivity index (χ0n) is 18.7. The van der Waals surface area contributed by atoms with E-state index in [2.05, 4.69) is 9.64 Å². The SMILES string of the molecule is O=C(O)c1c2c(nc3ccccc13)/C(=C\c1ccc(OC(F)F)cc1)CN(Cc1ccccc1)C2. The molecule has 0 saturated carbocycles. The van der Waals surface area contributed by atoms with Crippen molar-refractivity contribution >= 4 is 28.5 Å². The highest BCUT2D eigenvalue weighted by Gasteiger charge is 2.28. The summed E-state index contributed by atoms with van der Waals surface area (Å²) in [5.74, 6) is -0.913. The number of pyridine rings is 1. The van der Waals surface area contributed by atoms with Crippen LogP contribution >= 0.6 is 0 Å². The largest absolute Gasteiger partial charge is 0.478 e. The van der Waals surface area contributed by atoms with Crippen LogP contribution in [0.2, 0.25) is 0 Å². The van der Waals surface area contributed by atoms with E-state index in [0.717, 1.165) is 16.7 Å². The number of alkyl halides is 2. The maximum absolute atomic E-state index is 12.5. The summed E-state index contributed by atoms with van der Waals surface area (Å²) in [7, 11) is 0. The first-order chi connectivity index (χ1) is 17.0.